The monoisotopic (exact) mass is 764 g/mol. The van der Waals surface area contributed by atoms with Gasteiger partial charge in [0.15, 0.2) is 6.29 Å². The van der Waals surface area contributed by atoms with Crippen LogP contribution in [0.25, 0.3) is 0 Å². The Morgan fingerprint density at radius 1 is 0.759 bits per heavy atom. The highest BCUT2D eigenvalue weighted by molar-refractivity contribution is 5.79. The predicted molar refractivity (Wildman–Crippen MR) is 196 cm³/mol. The Hall–Kier alpha value is -1.19. The highest BCUT2D eigenvalue weighted by Crippen LogP contribution is 2.76. The minimum absolute atomic E-state index is 0.00150. The molecule has 5 aliphatic carbocycles. The summed E-state index contributed by atoms with van der Waals surface area (Å²) in [5, 5.41) is 72.9. The molecule has 2 heterocycles. The van der Waals surface area contributed by atoms with Gasteiger partial charge in [0.1, 0.15) is 42.7 Å². The summed E-state index contributed by atoms with van der Waals surface area (Å²) in [6.07, 6.45) is -3.11. The van der Waals surface area contributed by atoms with Crippen molar-refractivity contribution >= 4 is 5.97 Å². The number of allylic oxidation sites excluding steroid dienone is 2. The smallest absolute Gasteiger partial charge is 0.315 e. The molecule has 12 nitrogen and oxygen atoms in total. The number of aliphatic hydroxyl groups is 7. The molecule has 2 aliphatic heterocycles. The second-order valence-electron chi connectivity index (χ2n) is 20.1. The van der Waals surface area contributed by atoms with E-state index >= 15 is 0 Å². The average molecular weight is 765 g/mol. The van der Waals surface area contributed by atoms with Crippen LogP contribution in [0.2, 0.25) is 0 Å². The van der Waals surface area contributed by atoms with Gasteiger partial charge in [-0.25, -0.2) is 0 Å². The second kappa shape index (κ2) is 14.0. The van der Waals surface area contributed by atoms with E-state index in [0.29, 0.717) is 30.6 Å². The highest BCUT2D eigenvalue weighted by Gasteiger charge is 2.70. The molecule has 0 aromatic carbocycles. The minimum Gasteiger partial charge on any atom is -0.432 e. The summed E-state index contributed by atoms with van der Waals surface area (Å²) in [5.41, 5.74) is 0.0584. The SMILES string of the molecule is C[C@H]1[C@H](C)CC[C@]2(C(=O)O[C@@H]3O[C@H](CO)[C@@H](O)[C@H](O)[C@H]3O)CC[C@]3(C)C(=CC[C@@H]4[C@@]5(C)CC[C@H](O[C@@H]6O[C@@H](C)[C@H](O)[C@@H](O)[C@H]6O)C(C)(C)[C@@H]5CC[C@]43C)[C@H]12. The van der Waals surface area contributed by atoms with Crippen molar-refractivity contribution in [2.45, 2.75) is 181 Å². The van der Waals surface area contributed by atoms with E-state index in [9.17, 15) is 40.5 Å². The van der Waals surface area contributed by atoms with Crippen molar-refractivity contribution in [3.63, 3.8) is 0 Å². The fourth-order valence-electron chi connectivity index (χ4n) is 13.7. The van der Waals surface area contributed by atoms with Crippen LogP contribution in [0.3, 0.4) is 0 Å². The summed E-state index contributed by atoms with van der Waals surface area (Å²) in [5.74, 6) is 0.796. The molecule has 2 saturated heterocycles. The van der Waals surface area contributed by atoms with Crippen LogP contribution in [0.1, 0.15) is 113 Å². The number of fused-ring (bicyclic) bond motifs is 7. The molecule has 20 atom stereocenters. The molecule has 0 amide bonds. The van der Waals surface area contributed by atoms with Gasteiger partial charge in [-0.1, -0.05) is 60.1 Å². The first-order chi connectivity index (χ1) is 25.2. The van der Waals surface area contributed by atoms with Gasteiger partial charge >= 0.3 is 5.97 Å². The Balaban J connectivity index is 1.17. The van der Waals surface area contributed by atoms with Crippen LogP contribution in [0.5, 0.6) is 0 Å². The Bertz CT molecular complexity index is 1450. The van der Waals surface area contributed by atoms with E-state index in [2.05, 4.69) is 54.5 Å². The van der Waals surface area contributed by atoms with Crippen LogP contribution in [0, 0.1) is 56.7 Å². The molecule has 7 aliphatic rings. The lowest BCUT2D eigenvalue weighted by molar-refractivity contribution is -0.324. The lowest BCUT2D eigenvalue weighted by Gasteiger charge is -2.71. The summed E-state index contributed by atoms with van der Waals surface area (Å²) in [4.78, 5) is 14.6. The molecule has 308 valence electrons. The Morgan fingerprint density at radius 3 is 2.11 bits per heavy atom. The first kappa shape index (κ1) is 41.0. The van der Waals surface area contributed by atoms with Crippen molar-refractivity contribution in [1.82, 2.24) is 0 Å². The quantitative estimate of drug-likeness (QED) is 0.123. The van der Waals surface area contributed by atoms with Crippen LogP contribution < -0.4 is 0 Å². The van der Waals surface area contributed by atoms with Gasteiger partial charge in [-0.2, -0.15) is 0 Å². The number of hydrogen-bond acceptors (Lipinski definition) is 12. The van der Waals surface area contributed by atoms with Gasteiger partial charge in [0, 0.05) is 0 Å². The van der Waals surface area contributed by atoms with Crippen molar-refractivity contribution in [2.75, 3.05) is 6.61 Å². The van der Waals surface area contributed by atoms with Crippen molar-refractivity contribution in [3.8, 4) is 0 Å². The van der Waals surface area contributed by atoms with Crippen LogP contribution >= 0.6 is 0 Å². The first-order valence-corrected chi connectivity index (χ1v) is 20.8. The lowest BCUT2D eigenvalue weighted by Crippen LogP contribution is -2.66. The average Bonchev–Trinajstić information content (AvgIpc) is 3.12. The molecule has 0 spiro atoms. The third-order valence-corrected chi connectivity index (χ3v) is 17.5. The third-order valence-electron chi connectivity index (χ3n) is 17.5. The van der Waals surface area contributed by atoms with Gasteiger partial charge in [-0.15, -0.1) is 0 Å². The molecule has 54 heavy (non-hydrogen) atoms. The molecule has 6 fully saturated rings. The number of esters is 1. The van der Waals surface area contributed by atoms with Gasteiger partial charge < -0.3 is 54.7 Å². The maximum Gasteiger partial charge on any atom is 0.315 e. The third kappa shape index (κ3) is 5.77. The molecule has 0 aromatic heterocycles. The molecule has 4 saturated carbocycles. The van der Waals surface area contributed by atoms with Crippen molar-refractivity contribution in [2.24, 2.45) is 56.7 Å². The zero-order valence-electron chi connectivity index (χ0n) is 33.6. The molecule has 0 bridgehead atoms. The number of carbonyl (C=O) groups is 1. The van der Waals surface area contributed by atoms with Crippen LogP contribution in [0.15, 0.2) is 11.6 Å². The maximum atomic E-state index is 14.6. The number of carbonyl (C=O) groups excluding carboxylic acids is 1. The van der Waals surface area contributed by atoms with Gasteiger partial charge in [-0.05, 0) is 116 Å². The Kier molecular flexibility index (Phi) is 10.6. The van der Waals surface area contributed by atoms with E-state index in [4.69, 9.17) is 18.9 Å². The van der Waals surface area contributed by atoms with E-state index in [1.165, 1.54) is 5.57 Å². The minimum atomic E-state index is -1.65. The number of ether oxygens (including phenoxy) is 4. The molecule has 7 N–H and O–H groups in total. The Labute approximate surface area is 320 Å². The number of aliphatic hydroxyl groups excluding tert-OH is 7. The van der Waals surface area contributed by atoms with Crippen molar-refractivity contribution in [1.29, 1.82) is 0 Å². The molecule has 12 heteroatoms. The van der Waals surface area contributed by atoms with Crippen LogP contribution in [0.4, 0.5) is 0 Å². The van der Waals surface area contributed by atoms with E-state index in [1.54, 1.807) is 6.92 Å². The maximum absolute atomic E-state index is 14.6. The van der Waals surface area contributed by atoms with E-state index in [-0.39, 0.29) is 39.6 Å². The van der Waals surface area contributed by atoms with E-state index < -0.39 is 79.4 Å². The van der Waals surface area contributed by atoms with Crippen molar-refractivity contribution < 1.29 is 59.5 Å². The second-order valence-corrected chi connectivity index (χ2v) is 20.1. The van der Waals surface area contributed by atoms with Crippen LogP contribution in [-0.2, 0) is 23.7 Å². The summed E-state index contributed by atoms with van der Waals surface area (Å²) < 4.78 is 24.1. The lowest BCUT2D eigenvalue weighted by atomic mass is 9.33. The van der Waals surface area contributed by atoms with Gasteiger partial charge in [-0.3, -0.25) is 4.79 Å². The predicted octanol–water partition coefficient (Wildman–Crippen LogP) is 3.20. The molecule has 0 radical (unpaired) electrons. The highest BCUT2D eigenvalue weighted by atomic mass is 16.7. The topological polar surface area (TPSA) is 196 Å². The summed E-state index contributed by atoms with van der Waals surface area (Å²) in [6, 6.07) is 0. The molecular weight excluding hydrogens is 696 g/mol. The standard InChI is InChI=1S/C42H68O12/c1-20-11-16-42(37(50)54-36-34(49)32(47)30(45)24(19-43)52-36)18-17-40(7)23(28(42)21(20)2)9-10-26-39(6)14-13-27(38(4,5)25(39)12-15-41(26,40)8)53-35-33(48)31(46)29(44)22(3)51-35/h9,20-22,24-36,43-49H,10-19H2,1-8H3/t20-,21+,22+,24-,25+,26-,27+,28+,29+,30-,31-,32+,33-,34-,35+,36+,39+,40-,41-,42+/m1/s1. The van der Waals surface area contributed by atoms with E-state index in [0.717, 1.165) is 44.9 Å². The van der Waals surface area contributed by atoms with Crippen LogP contribution in [-0.4, -0.2) is 116 Å². The molecule has 0 aromatic rings. The number of hydrogen-bond donors (Lipinski definition) is 7. The fraction of sp³-hybridized carbons (Fsp3) is 0.929. The molecule has 0 unspecified atom stereocenters. The Morgan fingerprint density at radius 2 is 1.43 bits per heavy atom. The molecule has 7 rings (SSSR count). The van der Waals surface area contributed by atoms with Gasteiger partial charge in [0.2, 0.25) is 6.29 Å². The first-order valence-electron chi connectivity index (χ1n) is 20.8. The largest absolute Gasteiger partial charge is 0.432 e. The summed E-state index contributed by atoms with van der Waals surface area (Å²) in [6.45, 7) is 17.6. The molecular formula is C42H68O12. The zero-order chi connectivity index (χ0) is 39.5. The summed E-state index contributed by atoms with van der Waals surface area (Å²) >= 11 is 0. The fourth-order valence-corrected chi connectivity index (χ4v) is 13.7. The summed E-state index contributed by atoms with van der Waals surface area (Å²) in [7, 11) is 0. The zero-order valence-corrected chi connectivity index (χ0v) is 33.6. The van der Waals surface area contributed by atoms with Gasteiger partial charge in [0.05, 0.1) is 24.2 Å². The van der Waals surface area contributed by atoms with Crippen molar-refractivity contribution in [3.05, 3.63) is 11.6 Å². The number of rotatable bonds is 5. The normalized spacial score (nSPS) is 55.6. The van der Waals surface area contributed by atoms with Gasteiger partial charge in [0.25, 0.3) is 0 Å². The van der Waals surface area contributed by atoms with E-state index in [1.807, 2.05) is 0 Å².